The molecule has 2 N–H and O–H groups in total. The molecule has 2 rings (SSSR count). The molecule has 26 heavy (non-hydrogen) atoms. The van der Waals surface area contributed by atoms with E-state index in [4.69, 9.17) is 0 Å². The van der Waals surface area contributed by atoms with Crippen LogP contribution in [0.25, 0.3) is 0 Å². The van der Waals surface area contributed by atoms with Gasteiger partial charge in [-0.15, -0.1) is 11.8 Å². The predicted molar refractivity (Wildman–Crippen MR) is 109 cm³/mol. The lowest BCUT2D eigenvalue weighted by Gasteiger charge is -2.17. The zero-order chi connectivity index (χ0) is 19.1. The summed E-state index contributed by atoms with van der Waals surface area (Å²) in [6.45, 7) is 4.27. The second kappa shape index (κ2) is 9.40. The molecule has 6 heteroatoms. The van der Waals surface area contributed by atoms with Gasteiger partial charge in [0.2, 0.25) is 11.8 Å². The van der Waals surface area contributed by atoms with Crippen molar-refractivity contribution in [2.45, 2.75) is 18.7 Å². The molecule has 2 amide bonds. The Labute approximate surface area is 159 Å². The van der Waals surface area contributed by atoms with Crippen molar-refractivity contribution < 1.29 is 9.59 Å². The van der Waals surface area contributed by atoms with Gasteiger partial charge in [0.05, 0.1) is 18.8 Å². The number of nitrogens with zero attached hydrogens (tertiary/aromatic N) is 1. The van der Waals surface area contributed by atoms with Crippen LogP contribution in [0.3, 0.4) is 0 Å². The van der Waals surface area contributed by atoms with Crippen LogP contribution in [0, 0.1) is 13.8 Å². The molecule has 0 aromatic heterocycles. The van der Waals surface area contributed by atoms with E-state index in [9.17, 15) is 9.59 Å². The Morgan fingerprint density at radius 1 is 0.962 bits per heavy atom. The fraction of sp³-hybridized carbons (Fsp3) is 0.300. The van der Waals surface area contributed by atoms with Gasteiger partial charge in [-0.05, 0) is 62.5 Å². The van der Waals surface area contributed by atoms with Gasteiger partial charge < -0.3 is 10.6 Å². The van der Waals surface area contributed by atoms with Gasteiger partial charge in [0.15, 0.2) is 0 Å². The number of hydrogen-bond acceptors (Lipinski definition) is 4. The zero-order valence-corrected chi connectivity index (χ0v) is 16.4. The van der Waals surface area contributed by atoms with Gasteiger partial charge in [0, 0.05) is 10.6 Å². The number of aryl methyl sites for hydroxylation is 2. The highest BCUT2D eigenvalue weighted by molar-refractivity contribution is 7.98. The van der Waals surface area contributed by atoms with Crippen LogP contribution in [-0.2, 0) is 9.59 Å². The van der Waals surface area contributed by atoms with Gasteiger partial charge in [-0.1, -0.05) is 18.2 Å². The molecule has 0 atom stereocenters. The summed E-state index contributed by atoms with van der Waals surface area (Å²) in [5, 5.41) is 5.78. The van der Waals surface area contributed by atoms with E-state index >= 15 is 0 Å². The van der Waals surface area contributed by atoms with E-state index in [0.29, 0.717) is 0 Å². The van der Waals surface area contributed by atoms with E-state index in [0.717, 1.165) is 27.4 Å². The number of rotatable bonds is 7. The standard InChI is InChI=1S/C20H25N3O2S/c1-14-9-15(2)11-16(10-14)21-19(24)12-23(3)13-20(25)22-17-7-5-6-8-18(17)26-4/h5-11H,12-13H2,1-4H3,(H,21,24)(H,22,25). The maximum Gasteiger partial charge on any atom is 0.238 e. The second-order valence-corrected chi connectivity index (χ2v) is 7.19. The molecule has 5 nitrogen and oxygen atoms in total. The Hall–Kier alpha value is -2.31. The van der Waals surface area contributed by atoms with Crippen LogP contribution < -0.4 is 10.6 Å². The summed E-state index contributed by atoms with van der Waals surface area (Å²) in [6, 6.07) is 13.6. The van der Waals surface area contributed by atoms with Crippen molar-refractivity contribution in [2.75, 3.05) is 37.0 Å². The van der Waals surface area contributed by atoms with Crippen molar-refractivity contribution in [3.8, 4) is 0 Å². The third-order valence-corrected chi connectivity index (χ3v) is 4.51. The number of benzene rings is 2. The summed E-state index contributed by atoms with van der Waals surface area (Å²) in [6.07, 6.45) is 1.97. The average molecular weight is 372 g/mol. The van der Waals surface area contributed by atoms with Gasteiger partial charge in [-0.3, -0.25) is 14.5 Å². The van der Waals surface area contributed by atoms with Crippen LogP contribution in [0.15, 0.2) is 47.4 Å². The fourth-order valence-corrected chi connectivity index (χ4v) is 3.28. The number of para-hydroxylation sites is 1. The minimum absolute atomic E-state index is 0.142. The molecule has 2 aromatic rings. The van der Waals surface area contributed by atoms with Gasteiger partial charge in [-0.2, -0.15) is 0 Å². The molecule has 0 spiro atoms. The molecule has 0 aliphatic carbocycles. The molecule has 138 valence electrons. The molecule has 0 aliphatic rings. The average Bonchev–Trinajstić information content (AvgIpc) is 2.53. The van der Waals surface area contributed by atoms with Gasteiger partial charge >= 0.3 is 0 Å². The Morgan fingerprint density at radius 2 is 1.54 bits per heavy atom. The van der Waals surface area contributed by atoms with Crippen molar-refractivity contribution in [1.29, 1.82) is 0 Å². The van der Waals surface area contributed by atoms with Gasteiger partial charge in [0.25, 0.3) is 0 Å². The molecule has 0 radical (unpaired) electrons. The number of amides is 2. The molecule has 0 aliphatic heterocycles. The first-order valence-electron chi connectivity index (χ1n) is 8.37. The van der Waals surface area contributed by atoms with Crippen molar-refractivity contribution in [2.24, 2.45) is 0 Å². The number of carbonyl (C=O) groups is 2. The molecule has 0 unspecified atom stereocenters. The quantitative estimate of drug-likeness (QED) is 0.731. The Kier molecular flexibility index (Phi) is 7.24. The molecule has 0 saturated heterocycles. The molecule has 0 fully saturated rings. The first kappa shape index (κ1) is 20.0. The molecule has 0 heterocycles. The Bertz CT molecular complexity index is 772. The van der Waals surface area contributed by atoms with E-state index in [1.807, 2.05) is 56.5 Å². The minimum atomic E-state index is -0.145. The molecule has 0 saturated carbocycles. The largest absolute Gasteiger partial charge is 0.325 e. The molecule has 2 aromatic carbocycles. The lowest BCUT2D eigenvalue weighted by Crippen LogP contribution is -2.36. The highest BCUT2D eigenvalue weighted by Crippen LogP contribution is 2.24. The number of anilines is 2. The smallest absolute Gasteiger partial charge is 0.238 e. The number of carbonyl (C=O) groups excluding carboxylic acids is 2. The number of nitrogens with one attached hydrogen (secondary N) is 2. The third-order valence-electron chi connectivity index (χ3n) is 3.71. The molecular weight excluding hydrogens is 346 g/mol. The normalized spacial score (nSPS) is 10.7. The van der Waals surface area contributed by atoms with Crippen molar-refractivity contribution in [3.05, 3.63) is 53.6 Å². The summed E-state index contributed by atoms with van der Waals surface area (Å²) < 4.78 is 0. The summed E-state index contributed by atoms with van der Waals surface area (Å²) in [5.74, 6) is -0.289. The maximum absolute atomic E-state index is 12.2. The topological polar surface area (TPSA) is 61.4 Å². The lowest BCUT2D eigenvalue weighted by atomic mass is 10.1. The van der Waals surface area contributed by atoms with Crippen molar-refractivity contribution in [1.82, 2.24) is 4.90 Å². The molecule has 0 bridgehead atoms. The highest BCUT2D eigenvalue weighted by atomic mass is 32.2. The van der Waals surface area contributed by atoms with Crippen LogP contribution in [-0.4, -0.2) is 43.1 Å². The van der Waals surface area contributed by atoms with Gasteiger partial charge in [-0.25, -0.2) is 0 Å². The van der Waals surface area contributed by atoms with Crippen molar-refractivity contribution in [3.63, 3.8) is 0 Å². The maximum atomic E-state index is 12.2. The Balaban J connectivity index is 1.86. The summed E-state index contributed by atoms with van der Waals surface area (Å²) >= 11 is 1.58. The first-order valence-corrected chi connectivity index (χ1v) is 9.59. The van der Waals surface area contributed by atoms with Crippen LogP contribution in [0.4, 0.5) is 11.4 Å². The monoisotopic (exact) mass is 371 g/mol. The van der Waals surface area contributed by atoms with E-state index < -0.39 is 0 Å². The third kappa shape index (κ3) is 6.20. The summed E-state index contributed by atoms with van der Waals surface area (Å²) in [5.41, 5.74) is 3.76. The number of thioether (sulfide) groups is 1. The van der Waals surface area contributed by atoms with Crippen LogP contribution in [0.1, 0.15) is 11.1 Å². The molecular formula is C20H25N3O2S. The number of hydrogen-bond donors (Lipinski definition) is 2. The van der Waals surface area contributed by atoms with Crippen LogP contribution in [0.5, 0.6) is 0 Å². The summed E-state index contributed by atoms with van der Waals surface area (Å²) in [4.78, 5) is 27.1. The zero-order valence-electron chi connectivity index (χ0n) is 15.6. The van der Waals surface area contributed by atoms with Gasteiger partial charge in [0.1, 0.15) is 0 Å². The summed E-state index contributed by atoms with van der Waals surface area (Å²) in [7, 11) is 1.75. The van der Waals surface area contributed by atoms with E-state index in [2.05, 4.69) is 16.7 Å². The fourth-order valence-electron chi connectivity index (χ4n) is 2.73. The van der Waals surface area contributed by atoms with E-state index in [1.54, 1.807) is 23.7 Å². The second-order valence-electron chi connectivity index (χ2n) is 6.35. The number of likely N-dealkylation sites (N-methyl/N-ethyl adjacent to an activating group) is 1. The van der Waals surface area contributed by atoms with E-state index in [-0.39, 0.29) is 24.9 Å². The minimum Gasteiger partial charge on any atom is -0.325 e. The lowest BCUT2D eigenvalue weighted by molar-refractivity contribution is -0.119. The Morgan fingerprint density at radius 3 is 2.15 bits per heavy atom. The highest BCUT2D eigenvalue weighted by Gasteiger charge is 2.12. The predicted octanol–water partition coefficient (Wildman–Crippen LogP) is 3.53. The van der Waals surface area contributed by atoms with Crippen LogP contribution in [0.2, 0.25) is 0 Å². The SMILES string of the molecule is CSc1ccccc1NC(=O)CN(C)CC(=O)Nc1cc(C)cc(C)c1. The van der Waals surface area contributed by atoms with Crippen LogP contribution >= 0.6 is 11.8 Å². The first-order chi connectivity index (χ1) is 12.4. The van der Waals surface area contributed by atoms with E-state index in [1.165, 1.54) is 0 Å². The van der Waals surface area contributed by atoms with Crippen molar-refractivity contribution >= 4 is 35.0 Å².